The fraction of sp³-hybridized carbons (Fsp3) is 0.400. The fourth-order valence-electron chi connectivity index (χ4n) is 2.86. The number of hydrogen-bond donors (Lipinski definition) is 1. The molecule has 94 valence electrons. The van der Waals surface area contributed by atoms with E-state index in [1.807, 2.05) is 13.2 Å². The summed E-state index contributed by atoms with van der Waals surface area (Å²) in [7, 11) is 1.88. The Balaban J connectivity index is 1.79. The van der Waals surface area contributed by atoms with Crippen LogP contribution in [-0.4, -0.2) is 14.9 Å². The van der Waals surface area contributed by atoms with Crippen LogP contribution in [0.15, 0.2) is 36.7 Å². The van der Waals surface area contributed by atoms with Crippen molar-refractivity contribution in [3.8, 4) is 0 Å². The first-order valence-electron chi connectivity index (χ1n) is 6.47. The minimum atomic E-state index is -0.396. The molecule has 0 amide bonds. The monoisotopic (exact) mass is 242 g/mol. The SMILES string of the molecule is Cn1cc(C(O)C2CCc3ccccc3C2)cn1. The van der Waals surface area contributed by atoms with Crippen LogP contribution in [0, 0.1) is 5.92 Å². The van der Waals surface area contributed by atoms with Crippen LogP contribution >= 0.6 is 0 Å². The first-order valence-corrected chi connectivity index (χ1v) is 6.47. The van der Waals surface area contributed by atoms with Crippen molar-refractivity contribution in [3.05, 3.63) is 53.3 Å². The Bertz CT molecular complexity index is 547. The molecule has 3 rings (SSSR count). The van der Waals surface area contributed by atoms with Crippen LogP contribution < -0.4 is 0 Å². The van der Waals surface area contributed by atoms with Crippen LogP contribution in [0.25, 0.3) is 0 Å². The molecule has 3 nitrogen and oxygen atoms in total. The van der Waals surface area contributed by atoms with Crippen molar-refractivity contribution in [1.29, 1.82) is 0 Å². The first kappa shape index (κ1) is 11.5. The summed E-state index contributed by atoms with van der Waals surface area (Å²) in [4.78, 5) is 0. The molecule has 0 aliphatic heterocycles. The highest BCUT2D eigenvalue weighted by molar-refractivity contribution is 5.30. The lowest BCUT2D eigenvalue weighted by molar-refractivity contribution is 0.0994. The molecule has 1 aliphatic carbocycles. The molecule has 2 unspecified atom stereocenters. The predicted molar refractivity (Wildman–Crippen MR) is 70.1 cm³/mol. The summed E-state index contributed by atoms with van der Waals surface area (Å²) in [5, 5.41) is 14.6. The van der Waals surface area contributed by atoms with Crippen LogP contribution in [0.5, 0.6) is 0 Å². The Hall–Kier alpha value is -1.61. The van der Waals surface area contributed by atoms with Gasteiger partial charge in [-0.25, -0.2) is 0 Å². The van der Waals surface area contributed by atoms with Gasteiger partial charge in [0.25, 0.3) is 0 Å². The average molecular weight is 242 g/mol. The summed E-state index contributed by atoms with van der Waals surface area (Å²) in [6, 6.07) is 8.55. The van der Waals surface area contributed by atoms with Crippen molar-refractivity contribution in [1.82, 2.24) is 9.78 Å². The number of aliphatic hydroxyl groups is 1. The van der Waals surface area contributed by atoms with E-state index in [2.05, 4.69) is 29.4 Å². The largest absolute Gasteiger partial charge is 0.388 e. The summed E-state index contributed by atoms with van der Waals surface area (Å²) in [5.74, 6) is 0.309. The zero-order valence-corrected chi connectivity index (χ0v) is 10.6. The zero-order chi connectivity index (χ0) is 12.5. The van der Waals surface area contributed by atoms with Gasteiger partial charge in [-0.2, -0.15) is 5.10 Å². The maximum atomic E-state index is 10.4. The molecule has 0 fully saturated rings. The van der Waals surface area contributed by atoms with E-state index in [0.717, 1.165) is 24.8 Å². The third kappa shape index (κ3) is 2.06. The molecule has 1 aromatic heterocycles. The van der Waals surface area contributed by atoms with E-state index in [1.54, 1.807) is 10.9 Å². The second-order valence-corrected chi connectivity index (χ2v) is 5.16. The van der Waals surface area contributed by atoms with E-state index in [-0.39, 0.29) is 0 Å². The Morgan fingerprint density at radius 3 is 2.83 bits per heavy atom. The Morgan fingerprint density at radius 2 is 2.11 bits per heavy atom. The summed E-state index contributed by atoms with van der Waals surface area (Å²) in [5.41, 5.74) is 3.76. The number of aromatic nitrogens is 2. The number of rotatable bonds is 2. The lowest BCUT2D eigenvalue weighted by Crippen LogP contribution is -2.20. The smallest absolute Gasteiger partial charge is 0.0851 e. The molecule has 2 atom stereocenters. The highest BCUT2D eigenvalue weighted by Gasteiger charge is 2.26. The van der Waals surface area contributed by atoms with Gasteiger partial charge in [0.1, 0.15) is 0 Å². The standard InChI is InChI=1S/C15H18N2O/c1-17-10-14(9-16-17)15(18)13-7-6-11-4-2-3-5-12(11)8-13/h2-5,9-10,13,15,18H,6-8H2,1H3. The second-order valence-electron chi connectivity index (χ2n) is 5.16. The van der Waals surface area contributed by atoms with E-state index in [0.29, 0.717) is 5.92 Å². The zero-order valence-electron chi connectivity index (χ0n) is 10.6. The van der Waals surface area contributed by atoms with Gasteiger partial charge in [-0.1, -0.05) is 24.3 Å². The highest BCUT2D eigenvalue weighted by Crippen LogP contribution is 2.33. The predicted octanol–water partition coefficient (Wildman–Crippen LogP) is 2.26. The Morgan fingerprint density at radius 1 is 1.33 bits per heavy atom. The lowest BCUT2D eigenvalue weighted by Gasteiger charge is -2.28. The molecular formula is C15H18N2O. The minimum Gasteiger partial charge on any atom is -0.388 e. The molecule has 2 aromatic rings. The van der Waals surface area contributed by atoms with Crippen LogP contribution in [0.2, 0.25) is 0 Å². The van der Waals surface area contributed by atoms with Gasteiger partial charge in [-0.3, -0.25) is 4.68 Å². The van der Waals surface area contributed by atoms with Crippen molar-refractivity contribution in [2.45, 2.75) is 25.4 Å². The number of aliphatic hydroxyl groups excluding tert-OH is 1. The second kappa shape index (κ2) is 4.58. The lowest BCUT2D eigenvalue weighted by atomic mass is 9.80. The molecule has 3 heteroatoms. The van der Waals surface area contributed by atoms with E-state index in [9.17, 15) is 5.11 Å². The van der Waals surface area contributed by atoms with Crippen molar-refractivity contribution in [3.63, 3.8) is 0 Å². The van der Waals surface area contributed by atoms with Crippen LogP contribution in [-0.2, 0) is 19.9 Å². The van der Waals surface area contributed by atoms with Gasteiger partial charge in [0.05, 0.1) is 12.3 Å². The number of hydrogen-bond acceptors (Lipinski definition) is 2. The average Bonchev–Trinajstić information content (AvgIpc) is 2.84. The summed E-state index contributed by atoms with van der Waals surface area (Å²) < 4.78 is 1.75. The third-order valence-corrected chi connectivity index (χ3v) is 3.90. The molecule has 0 saturated carbocycles. The van der Waals surface area contributed by atoms with Crippen molar-refractivity contribution in [2.75, 3.05) is 0 Å². The van der Waals surface area contributed by atoms with E-state index in [4.69, 9.17) is 0 Å². The van der Waals surface area contributed by atoms with Crippen molar-refractivity contribution < 1.29 is 5.11 Å². The fourth-order valence-corrected chi connectivity index (χ4v) is 2.86. The molecule has 0 spiro atoms. The van der Waals surface area contributed by atoms with Gasteiger partial charge in [0.15, 0.2) is 0 Å². The minimum absolute atomic E-state index is 0.309. The summed E-state index contributed by atoms with van der Waals surface area (Å²) >= 11 is 0. The number of aryl methyl sites for hydroxylation is 2. The summed E-state index contributed by atoms with van der Waals surface area (Å²) in [6.45, 7) is 0. The molecule has 1 heterocycles. The molecule has 1 N–H and O–H groups in total. The highest BCUT2D eigenvalue weighted by atomic mass is 16.3. The van der Waals surface area contributed by atoms with E-state index < -0.39 is 6.10 Å². The maximum Gasteiger partial charge on any atom is 0.0851 e. The van der Waals surface area contributed by atoms with Crippen LogP contribution in [0.1, 0.15) is 29.2 Å². The number of nitrogens with zero attached hydrogens (tertiary/aromatic N) is 2. The van der Waals surface area contributed by atoms with Gasteiger partial charge >= 0.3 is 0 Å². The molecular weight excluding hydrogens is 224 g/mol. The topological polar surface area (TPSA) is 38.0 Å². The third-order valence-electron chi connectivity index (χ3n) is 3.90. The maximum absolute atomic E-state index is 10.4. The normalized spacial score (nSPS) is 20.4. The molecule has 18 heavy (non-hydrogen) atoms. The van der Waals surface area contributed by atoms with E-state index >= 15 is 0 Å². The molecule has 0 bridgehead atoms. The van der Waals surface area contributed by atoms with Crippen molar-refractivity contribution >= 4 is 0 Å². The molecule has 0 radical (unpaired) electrons. The Labute approximate surface area is 107 Å². The first-order chi connectivity index (χ1) is 8.74. The molecule has 0 saturated heterocycles. The molecule has 1 aromatic carbocycles. The molecule has 1 aliphatic rings. The van der Waals surface area contributed by atoms with E-state index in [1.165, 1.54) is 11.1 Å². The quantitative estimate of drug-likeness (QED) is 0.877. The van der Waals surface area contributed by atoms with Gasteiger partial charge in [0, 0.05) is 18.8 Å². The summed E-state index contributed by atoms with van der Waals surface area (Å²) in [6.07, 6.45) is 6.36. The van der Waals surface area contributed by atoms with Gasteiger partial charge < -0.3 is 5.11 Å². The van der Waals surface area contributed by atoms with Crippen molar-refractivity contribution in [2.24, 2.45) is 13.0 Å². The number of benzene rings is 1. The van der Waals surface area contributed by atoms with Gasteiger partial charge in [0.2, 0.25) is 0 Å². The Kier molecular flexibility index (Phi) is 2.92. The van der Waals surface area contributed by atoms with Crippen LogP contribution in [0.3, 0.4) is 0 Å². The number of fused-ring (bicyclic) bond motifs is 1. The van der Waals surface area contributed by atoms with Gasteiger partial charge in [-0.05, 0) is 36.3 Å². The van der Waals surface area contributed by atoms with Gasteiger partial charge in [-0.15, -0.1) is 0 Å². The van der Waals surface area contributed by atoms with Crippen LogP contribution in [0.4, 0.5) is 0 Å².